The highest BCUT2D eigenvalue weighted by molar-refractivity contribution is 7.89. The second-order valence-electron chi connectivity index (χ2n) is 7.82. The summed E-state index contributed by atoms with van der Waals surface area (Å²) in [7, 11) is -2.49. The Balaban J connectivity index is 1.72. The molecule has 2 aliphatic heterocycles. The fourth-order valence-electron chi connectivity index (χ4n) is 4.04. The van der Waals surface area contributed by atoms with E-state index >= 15 is 0 Å². The number of piperidine rings is 1. The van der Waals surface area contributed by atoms with Gasteiger partial charge in [-0.2, -0.15) is 4.31 Å². The van der Waals surface area contributed by atoms with Crippen molar-refractivity contribution >= 4 is 27.7 Å². The van der Waals surface area contributed by atoms with Gasteiger partial charge in [-0.1, -0.05) is 0 Å². The van der Waals surface area contributed by atoms with E-state index in [1.54, 1.807) is 0 Å². The highest BCUT2D eigenvalue weighted by atomic mass is 32.2. The third kappa shape index (κ3) is 4.76. The Labute approximate surface area is 177 Å². The van der Waals surface area contributed by atoms with Crippen LogP contribution in [0.4, 0.5) is 10.5 Å². The lowest BCUT2D eigenvalue weighted by atomic mass is 9.96. The molecule has 2 aliphatic rings. The minimum atomic E-state index is -3.74. The third-order valence-corrected chi connectivity index (χ3v) is 7.46. The molecular weight excluding hydrogens is 410 g/mol. The Morgan fingerprint density at radius 3 is 2.37 bits per heavy atom. The molecule has 0 saturated carbocycles. The van der Waals surface area contributed by atoms with Crippen LogP contribution >= 0.6 is 0 Å². The fourth-order valence-corrected chi connectivity index (χ4v) is 5.56. The Morgan fingerprint density at radius 2 is 1.77 bits per heavy atom. The first-order valence-electron chi connectivity index (χ1n) is 10.1. The second-order valence-corrected chi connectivity index (χ2v) is 9.76. The van der Waals surface area contributed by atoms with E-state index in [9.17, 15) is 18.0 Å². The first-order valence-corrected chi connectivity index (χ1v) is 11.5. The van der Waals surface area contributed by atoms with Crippen molar-refractivity contribution in [2.45, 2.75) is 43.7 Å². The summed E-state index contributed by atoms with van der Waals surface area (Å²) in [6.07, 6.45) is 0.670. The highest BCUT2D eigenvalue weighted by Crippen LogP contribution is 2.27. The molecule has 2 fully saturated rings. The van der Waals surface area contributed by atoms with E-state index in [1.165, 1.54) is 35.7 Å². The first-order chi connectivity index (χ1) is 14.2. The average molecular weight is 440 g/mol. The van der Waals surface area contributed by atoms with Crippen LogP contribution in [-0.2, 0) is 24.3 Å². The van der Waals surface area contributed by atoms with Gasteiger partial charge in [0.1, 0.15) is 0 Å². The largest absolute Gasteiger partial charge is 0.453 e. The Kier molecular flexibility index (Phi) is 6.99. The van der Waals surface area contributed by atoms with Crippen molar-refractivity contribution in [1.29, 1.82) is 0 Å². The van der Waals surface area contributed by atoms with Crippen LogP contribution in [0.5, 0.6) is 0 Å². The van der Waals surface area contributed by atoms with Crippen molar-refractivity contribution in [3.8, 4) is 0 Å². The van der Waals surface area contributed by atoms with Crippen LogP contribution in [0.1, 0.15) is 26.7 Å². The molecule has 2 amide bonds. The molecule has 0 bridgehead atoms. The van der Waals surface area contributed by atoms with Gasteiger partial charge in [-0.15, -0.1) is 0 Å². The molecule has 0 aromatic heterocycles. The maximum absolute atomic E-state index is 13.2. The topological polar surface area (TPSA) is 105 Å². The SMILES string of the molecule is COC(=O)Nc1ccc(S(=O)(=O)N2CCC[C@@H](C(=O)N3[C@H](C)COC[C@@H]3C)C2)cc1. The van der Waals surface area contributed by atoms with E-state index < -0.39 is 16.1 Å². The van der Waals surface area contributed by atoms with Gasteiger partial charge in [0.05, 0.1) is 43.2 Å². The number of hydrogen-bond acceptors (Lipinski definition) is 6. The molecule has 1 aromatic carbocycles. The molecule has 0 unspecified atom stereocenters. The van der Waals surface area contributed by atoms with Crippen LogP contribution in [-0.4, -0.2) is 75.1 Å². The molecule has 0 aliphatic carbocycles. The number of hydrogen-bond donors (Lipinski definition) is 1. The summed E-state index contributed by atoms with van der Waals surface area (Å²) in [6.45, 7) is 5.44. The summed E-state index contributed by atoms with van der Waals surface area (Å²) in [6, 6.07) is 5.85. The van der Waals surface area contributed by atoms with Gasteiger partial charge in [0, 0.05) is 18.8 Å². The molecule has 1 N–H and O–H groups in total. The maximum atomic E-state index is 13.2. The molecule has 1 aromatic rings. The lowest BCUT2D eigenvalue weighted by molar-refractivity contribution is -0.149. The van der Waals surface area contributed by atoms with Crippen LogP contribution in [0, 0.1) is 5.92 Å². The quantitative estimate of drug-likeness (QED) is 0.768. The number of carbonyl (C=O) groups excluding carboxylic acids is 2. The number of benzene rings is 1. The summed E-state index contributed by atoms with van der Waals surface area (Å²) < 4.78 is 37.7. The number of amides is 2. The van der Waals surface area contributed by atoms with Crippen LogP contribution in [0.15, 0.2) is 29.2 Å². The number of nitrogens with zero attached hydrogens (tertiary/aromatic N) is 2. The number of sulfonamides is 1. The molecule has 9 nitrogen and oxygen atoms in total. The van der Waals surface area contributed by atoms with Crippen molar-refractivity contribution in [2.24, 2.45) is 5.92 Å². The van der Waals surface area contributed by atoms with E-state index in [4.69, 9.17) is 4.74 Å². The normalized spacial score (nSPS) is 25.6. The van der Waals surface area contributed by atoms with Gasteiger partial charge in [-0.3, -0.25) is 10.1 Å². The Hall–Kier alpha value is -2.17. The van der Waals surface area contributed by atoms with Crippen molar-refractivity contribution in [3.05, 3.63) is 24.3 Å². The van der Waals surface area contributed by atoms with Crippen molar-refractivity contribution in [3.63, 3.8) is 0 Å². The van der Waals surface area contributed by atoms with Crippen LogP contribution in [0.3, 0.4) is 0 Å². The number of carbonyl (C=O) groups is 2. The number of methoxy groups -OCH3 is 1. The van der Waals surface area contributed by atoms with E-state index in [1.807, 2.05) is 18.7 Å². The van der Waals surface area contributed by atoms with Crippen LogP contribution in [0.2, 0.25) is 0 Å². The van der Waals surface area contributed by atoms with Gasteiger partial charge in [0.15, 0.2) is 0 Å². The number of anilines is 1. The van der Waals surface area contributed by atoms with Gasteiger partial charge >= 0.3 is 6.09 Å². The predicted octanol–water partition coefficient (Wildman–Crippen LogP) is 1.90. The van der Waals surface area contributed by atoms with E-state index in [-0.39, 0.29) is 35.3 Å². The average Bonchev–Trinajstić information content (AvgIpc) is 2.74. The molecular formula is C20H29N3O6S. The lowest BCUT2D eigenvalue weighted by Gasteiger charge is -2.42. The highest BCUT2D eigenvalue weighted by Gasteiger charge is 2.38. The molecule has 2 heterocycles. The number of ether oxygens (including phenoxy) is 2. The molecule has 0 radical (unpaired) electrons. The summed E-state index contributed by atoms with van der Waals surface area (Å²) in [5, 5.41) is 2.49. The van der Waals surface area contributed by atoms with E-state index in [0.29, 0.717) is 38.3 Å². The maximum Gasteiger partial charge on any atom is 0.411 e. The van der Waals surface area contributed by atoms with E-state index in [0.717, 1.165) is 0 Å². The van der Waals surface area contributed by atoms with Crippen LogP contribution < -0.4 is 5.32 Å². The zero-order chi connectivity index (χ0) is 21.9. The summed E-state index contributed by atoms with van der Waals surface area (Å²) in [4.78, 5) is 26.4. The Morgan fingerprint density at radius 1 is 1.13 bits per heavy atom. The molecule has 0 spiro atoms. The monoisotopic (exact) mass is 439 g/mol. The van der Waals surface area contributed by atoms with Crippen molar-refractivity contribution in [1.82, 2.24) is 9.21 Å². The molecule has 3 rings (SSSR count). The van der Waals surface area contributed by atoms with Crippen molar-refractivity contribution in [2.75, 3.05) is 38.7 Å². The minimum Gasteiger partial charge on any atom is -0.453 e. The minimum absolute atomic E-state index is 0.00386. The number of nitrogens with one attached hydrogen (secondary N) is 1. The van der Waals surface area contributed by atoms with Crippen molar-refractivity contribution < 1.29 is 27.5 Å². The van der Waals surface area contributed by atoms with Gasteiger partial charge in [-0.05, 0) is 51.0 Å². The number of rotatable bonds is 4. The first kappa shape index (κ1) is 22.5. The van der Waals surface area contributed by atoms with Gasteiger partial charge in [0.25, 0.3) is 0 Å². The fraction of sp³-hybridized carbons (Fsp3) is 0.600. The molecule has 166 valence electrons. The number of morpholine rings is 1. The van der Waals surface area contributed by atoms with Crippen LogP contribution in [0.25, 0.3) is 0 Å². The van der Waals surface area contributed by atoms with Gasteiger partial charge in [-0.25, -0.2) is 13.2 Å². The molecule has 2 saturated heterocycles. The zero-order valence-electron chi connectivity index (χ0n) is 17.5. The summed E-state index contributed by atoms with van der Waals surface area (Å²) in [5.41, 5.74) is 0.433. The smallest absolute Gasteiger partial charge is 0.411 e. The predicted molar refractivity (Wildman–Crippen MR) is 111 cm³/mol. The standard InChI is InChI=1S/C20H29N3O6S/c1-14-12-29-13-15(2)23(14)19(24)16-5-4-10-22(11-16)30(26,27)18-8-6-17(7-9-18)21-20(25)28-3/h6-9,14-16H,4-5,10-13H2,1-3H3,(H,21,25)/t14-,15+,16-/m1/s1. The molecule has 10 heteroatoms. The van der Waals surface area contributed by atoms with E-state index in [2.05, 4.69) is 10.1 Å². The van der Waals surface area contributed by atoms with Gasteiger partial charge < -0.3 is 14.4 Å². The molecule has 30 heavy (non-hydrogen) atoms. The van der Waals surface area contributed by atoms with Gasteiger partial charge in [0.2, 0.25) is 15.9 Å². The Bertz CT molecular complexity index is 863. The molecule has 3 atom stereocenters. The second kappa shape index (κ2) is 9.32. The summed E-state index contributed by atoms with van der Waals surface area (Å²) >= 11 is 0. The zero-order valence-corrected chi connectivity index (χ0v) is 18.4. The summed E-state index contributed by atoms with van der Waals surface area (Å²) in [5.74, 6) is -0.368. The lowest BCUT2D eigenvalue weighted by Crippen LogP contribution is -2.56. The third-order valence-electron chi connectivity index (χ3n) is 5.58.